The maximum absolute atomic E-state index is 11.9. The molecule has 28 heavy (non-hydrogen) atoms. The van der Waals surface area contributed by atoms with Crippen LogP contribution in [0.5, 0.6) is 0 Å². The van der Waals surface area contributed by atoms with Crippen molar-refractivity contribution < 1.29 is 4.79 Å². The normalized spacial score (nSPS) is 11.2. The topological polar surface area (TPSA) is 94.9 Å². The number of nitrogens with two attached hydrogens (primary N) is 1. The van der Waals surface area contributed by atoms with Crippen LogP contribution in [0.1, 0.15) is 6.92 Å². The number of amides is 1. The maximum Gasteiger partial charge on any atom is 0.246 e. The number of nitrogens with zero attached hydrogens (tertiary/aromatic N) is 6. The molecule has 0 saturated carbocycles. The third kappa shape index (κ3) is 2.88. The highest BCUT2D eigenvalue weighted by Crippen LogP contribution is 2.28. The van der Waals surface area contributed by atoms with Gasteiger partial charge in [0.1, 0.15) is 17.5 Å². The minimum absolute atomic E-state index is 0.107. The number of likely N-dealkylation sites (N-methyl/N-ethyl adjacent to an activating group) is 1. The standard InChI is InChI=1S/C20H21N7O/c1-3-16(28)25(4-2)11-12-27-19-17(18(21)22-13-23-19)20(24-27)26-10-9-14-7-5-6-8-15(14)26/h3,5-10,13H,1,4,11-12H2,2H3,(H2,21,22,23). The first-order valence-corrected chi connectivity index (χ1v) is 9.08. The highest BCUT2D eigenvalue weighted by atomic mass is 16.2. The van der Waals surface area contributed by atoms with Crippen molar-refractivity contribution in [3.8, 4) is 5.82 Å². The van der Waals surface area contributed by atoms with Gasteiger partial charge in [-0.2, -0.15) is 5.10 Å². The molecular formula is C20H21N7O. The lowest BCUT2D eigenvalue weighted by molar-refractivity contribution is -0.126. The average molecular weight is 375 g/mol. The van der Waals surface area contributed by atoms with E-state index in [4.69, 9.17) is 10.8 Å². The third-order valence-electron chi connectivity index (χ3n) is 4.82. The van der Waals surface area contributed by atoms with Crippen molar-refractivity contribution in [1.29, 1.82) is 0 Å². The molecule has 8 heteroatoms. The van der Waals surface area contributed by atoms with Gasteiger partial charge in [0.15, 0.2) is 11.5 Å². The lowest BCUT2D eigenvalue weighted by Crippen LogP contribution is -2.32. The Morgan fingerprint density at radius 2 is 2.11 bits per heavy atom. The number of aromatic nitrogens is 5. The first-order valence-electron chi connectivity index (χ1n) is 9.08. The minimum Gasteiger partial charge on any atom is -0.383 e. The van der Waals surface area contributed by atoms with Crippen molar-refractivity contribution in [3.05, 3.63) is 55.5 Å². The molecule has 0 bridgehead atoms. The zero-order chi connectivity index (χ0) is 19.7. The van der Waals surface area contributed by atoms with Crippen molar-refractivity contribution in [1.82, 2.24) is 29.2 Å². The Balaban J connectivity index is 1.80. The van der Waals surface area contributed by atoms with Gasteiger partial charge in [0.2, 0.25) is 5.91 Å². The Labute approximate surface area is 161 Å². The second-order valence-corrected chi connectivity index (χ2v) is 6.37. The van der Waals surface area contributed by atoms with Gasteiger partial charge in [-0.15, -0.1) is 0 Å². The predicted octanol–water partition coefficient (Wildman–Crippen LogP) is 2.39. The summed E-state index contributed by atoms with van der Waals surface area (Å²) in [7, 11) is 0. The van der Waals surface area contributed by atoms with Crippen LogP contribution in [0.25, 0.3) is 27.8 Å². The molecule has 0 unspecified atom stereocenters. The Kier molecular flexibility index (Phi) is 4.52. The van der Waals surface area contributed by atoms with Crippen LogP contribution in [0.3, 0.4) is 0 Å². The number of nitrogen functional groups attached to an aromatic ring is 1. The van der Waals surface area contributed by atoms with Crippen LogP contribution in [0.4, 0.5) is 5.82 Å². The SMILES string of the molecule is C=CC(=O)N(CC)CCn1nc(-n2ccc3ccccc32)c2c(N)ncnc21. The molecular weight excluding hydrogens is 354 g/mol. The molecule has 3 heterocycles. The van der Waals surface area contributed by atoms with Crippen LogP contribution in [0.15, 0.2) is 55.5 Å². The summed E-state index contributed by atoms with van der Waals surface area (Å²) >= 11 is 0. The first-order chi connectivity index (χ1) is 13.6. The van der Waals surface area contributed by atoms with Crippen molar-refractivity contribution in [2.75, 3.05) is 18.8 Å². The summed E-state index contributed by atoms with van der Waals surface area (Å²) in [4.78, 5) is 22.2. The van der Waals surface area contributed by atoms with Gasteiger partial charge in [-0.25, -0.2) is 14.6 Å². The Morgan fingerprint density at radius 3 is 2.89 bits per heavy atom. The highest BCUT2D eigenvalue weighted by Gasteiger charge is 2.19. The summed E-state index contributed by atoms with van der Waals surface area (Å²) in [6.07, 6.45) is 4.71. The second kappa shape index (κ2) is 7.15. The van der Waals surface area contributed by atoms with E-state index in [0.29, 0.717) is 42.3 Å². The molecule has 4 aromatic rings. The maximum atomic E-state index is 11.9. The predicted molar refractivity (Wildman–Crippen MR) is 109 cm³/mol. The molecule has 3 aromatic heterocycles. The van der Waals surface area contributed by atoms with E-state index < -0.39 is 0 Å². The Hall–Kier alpha value is -3.68. The molecule has 0 spiro atoms. The molecule has 0 saturated heterocycles. The van der Waals surface area contributed by atoms with Crippen molar-refractivity contribution in [2.45, 2.75) is 13.5 Å². The van der Waals surface area contributed by atoms with Crippen molar-refractivity contribution >= 4 is 33.7 Å². The number of hydrogen-bond acceptors (Lipinski definition) is 5. The van der Waals surface area contributed by atoms with Crippen LogP contribution >= 0.6 is 0 Å². The Bertz CT molecular complexity index is 1170. The minimum atomic E-state index is -0.107. The third-order valence-corrected chi connectivity index (χ3v) is 4.82. The molecule has 0 radical (unpaired) electrons. The molecule has 0 atom stereocenters. The van der Waals surface area contributed by atoms with Gasteiger partial charge in [-0.3, -0.25) is 9.36 Å². The van der Waals surface area contributed by atoms with E-state index in [2.05, 4.69) is 16.5 Å². The zero-order valence-corrected chi connectivity index (χ0v) is 15.6. The van der Waals surface area contributed by atoms with Crippen LogP contribution < -0.4 is 5.73 Å². The van der Waals surface area contributed by atoms with E-state index >= 15 is 0 Å². The second-order valence-electron chi connectivity index (χ2n) is 6.37. The van der Waals surface area contributed by atoms with Crippen molar-refractivity contribution in [3.63, 3.8) is 0 Å². The van der Waals surface area contributed by atoms with Gasteiger partial charge >= 0.3 is 0 Å². The lowest BCUT2D eigenvalue weighted by atomic mass is 10.2. The molecule has 1 amide bonds. The number of benzene rings is 1. The molecule has 0 aliphatic heterocycles. The fraction of sp³-hybridized carbons (Fsp3) is 0.200. The van der Waals surface area contributed by atoms with Gasteiger partial charge in [-0.1, -0.05) is 24.8 Å². The monoisotopic (exact) mass is 375 g/mol. The summed E-state index contributed by atoms with van der Waals surface area (Å²) in [6, 6.07) is 10.1. The molecule has 8 nitrogen and oxygen atoms in total. The van der Waals surface area contributed by atoms with Crippen LogP contribution in [-0.4, -0.2) is 48.2 Å². The van der Waals surface area contributed by atoms with E-state index in [1.165, 1.54) is 12.4 Å². The smallest absolute Gasteiger partial charge is 0.246 e. The molecule has 4 rings (SSSR count). The number of hydrogen-bond donors (Lipinski definition) is 1. The van der Waals surface area contributed by atoms with Gasteiger partial charge in [0.05, 0.1) is 12.1 Å². The average Bonchev–Trinajstić information content (AvgIpc) is 3.30. The van der Waals surface area contributed by atoms with Crippen molar-refractivity contribution in [2.24, 2.45) is 0 Å². The van der Waals surface area contributed by atoms with Gasteiger partial charge in [-0.05, 0) is 30.5 Å². The van der Waals surface area contributed by atoms with Gasteiger partial charge in [0.25, 0.3) is 0 Å². The number of fused-ring (bicyclic) bond motifs is 2. The van der Waals surface area contributed by atoms with E-state index in [1.54, 1.807) is 9.58 Å². The summed E-state index contributed by atoms with van der Waals surface area (Å²) in [5, 5.41) is 6.57. The molecule has 2 N–H and O–H groups in total. The van der Waals surface area contributed by atoms with Crippen LogP contribution in [-0.2, 0) is 11.3 Å². The molecule has 0 aliphatic rings. The molecule has 0 aliphatic carbocycles. The Morgan fingerprint density at radius 1 is 1.29 bits per heavy atom. The molecule has 142 valence electrons. The summed E-state index contributed by atoms with van der Waals surface area (Å²) in [6.45, 7) is 7.06. The largest absolute Gasteiger partial charge is 0.383 e. The molecule has 0 fully saturated rings. The van der Waals surface area contributed by atoms with E-state index in [9.17, 15) is 4.79 Å². The number of carbonyl (C=O) groups excluding carboxylic acids is 1. The van der Waals surface area contributed by atoms with Gasteiger partial charge < -0.3 is 10.6 Å². The van der Waals surface area contributed by atoms with Gasteiger partial charge in [0, 0.05) is 19.3 Å². The summed E-state index contributed by atoms with van der Waals surface area (Å²) < 4.78 is 3.76. The van der Waals surface area contributed by atoms with E-state index in [-0.39, 0.29) is 5.91 Å². The summed E-state index contributed by atoms with van der Waals surface area (Å²) in [5.74, 6) is 0.940. The highest BCUT2D eigenvalue weighted by molar-refractivity contribution is 5.94. The van der Waals surface area contributed by atoms with E-state index in [1.807, 2.05) is 48.0 Å². The fourth-order valence-corrected chi connectivity index (χ4v) is 3.37. The van der Waals surface area contributed by atoms with Crippen LogP contribution in [0.2, 0.25) is 0 Å². The fourth-order valence-electron chi connectivity index (χ4n) is 3.37. The number of rotatable bonds is 6. The first kappa shape index (κ1) is 17.7. The summed E-state index contributed by atoms with van der Waals surface area (Å²) in [5.41, 5.74) is 7.84. The number of para-hydroxylation sites is 1. The number of carbonyl (C=O) groups is 1. The number of anilines is 1. The quantitative estimate of drug-likeness (QED) is 0.522. The zero-order valence-electron chi connectivity index (χ0n) is 15.6. The lowest BCUT2D eigenvalue weighted by Gasteiger charge is -2.18. The van der Waals surface area contributed by atoms with Crippen LogP contribution in [0, 0.1) is 0 Å². The van der Waals surface area contributed by atoms with E-state index in [0.717, 1.165) is 10.9 Å². The molecule has 1 aromatic carbocycles.